The topological polar surface area (TPSA) is 30.0 Å². The van der Waals surface area contributed by atoms with Gasteiger partial charge in [0.25, 0.3) is 0 Å². The lowest BCUT2D eigenvalue weighted by atomic mass is 9.93. The van der Waals surface area contributed by atoms with Gasteiger partial charge in [-0.25, -0.2) is 4.98 Å². The van der Waals surface area contributed by atoms with Gasteiger partial charge in [0, 0.05) is 16.3 Å². The molecule has 0 bridgehead atoms. The molecule has 2 nitrogen and oxygen atoms in total. The van der Waals surface area contributed by atoms with Gasteiger partial charge in [-0.15, -0.1) is 0 Å². The Labute approximate surface area is 211 Å². The molecule has 0 unspecified atom stereocenters. The van der Waals surface area contributed by atoms with Gasteiger partial charge in [-0.2, -0.15) is 0 Å². The fourth-order valence-corrected chi connectivity index (χ4v) is 5.73. The predicted octanol–water partition coefficient (Wildman–Crippen LogP) is 8.64. The van der Waals surface area contributed by atoms with Gasteiger partial charge < -0.3 is 4.57 Å². The Balaban J connectivity index is 1.55. The molecule has 1 aromatic heterocycles. The molecule has 0 radical (unpaired) electrons. The first-order valence-electron chi connectivity index (χ1n) is 12.1. The lowest BCUT2D eigenvalue weighted by Gasteiger charge is -2.14. The molecule has 0 N–H and O–H groups in total. The van der Waals surface area contributed by atoms with Gasteiger partial charge in [0.2, 0.25) is 0 Å². The highest BCUT2D eigenvalue weighted by molar-refractivity contribution is 7.70. The van der Waals surface area contributed by atoms with Gasteiger partial charge in [0.05, 0.1) is 11.2 Å². The normalized spacial score (nSPS) is 11.7. The molecule has 36 heavy (non-hydrogen) atoms. The number of benzene rings is 5. The van der Waals surface area contributed by atoms with Crippen LogP contribution in [0.3, 0.4) is 0 Å². The van der Waals surface area contributed by atoms with E-state index < -0.39 is 7.14 Å². The summed E-state index contributed by atoms with van der Waals surface area (Å²) >= 11 is 0. The summed E-state index contributed by atoms with van der Waals surface area (Å²) in [4.78, 5) is 5.07. The summed E-state index contributed by atoms with van der Waals surface area (Å²) in [6.45, 7) is 3.62. The van der Waals surface area contributed by atoms with Crippen molar-refractivity contribution in [3.8, 4) is 33.5 Å². The summed E-state index contributed by atoms with van der Waals surface area (Å²) in [6.07, 6.45) is 0. The van der Waals surface area contributed by atoms with Crippen LogP contribution in [0.1, 0.15) is 0 Å². The van der Waals surface area contributed by atoms with E-state index in [2.05, 4.69) is 103 Å². The van der Waals surface area contributed by atoms with Crippen LogP contribution in [0, 0.1) is 0 Å². The van der Waals surface area contributed by atoms with Crippen molar-refractivity contribution in [1.82, 2.24) is 4.98 Å². The molecule has 6 aromatic rings. The van der Waals surface area contributed by atoms with Gasteiger partial charge in [0.1, 0.15) is 7.14 Å². The summed E-state index contributed by atoms with van der Waals surface area (Å²) in [5.74, 6) is 0. The van der Waals surface area contributed by atoms with Crippen molar-refractivity contribution < 1.29 is 4.57 Å². The van der Waals surface area contributed by atoms with Crippen molar-refractivity contribution in [1.29, 1.82) is 0 Å². The van der Waals surface area contributed by atoms with Crippen LogP contribution in [0.5, 0.6) is 0 Å². The van der Waals surface area contributed by atoms with Crippen LogP contribution >= 0.6 is 7.14 Å². The molecule has 0 amide bonds. The van der Waals surface area contributed by atoms with E-state index in [4.69, 9.17) is 4.98 Å². The average molecular weight is 484 g/mol. The van der Waals surface area contributed by atoms with Crippen LogP contribution in [-0.4, -0.2) is 18.3 Å². The summed E-state index contributed by atoms with van der Waals surface area (Å²) in [7, 11) is -2.26. The van der Waals surface area contributed by atoms with Gasteiger partial charge in [-0.05, 0) is 64.6 Å². The van der Waals surface area contributed by atoms with E-state index in [0.717, 1.165) is 38.6 Å². The van der Waals surface area contributed by atoms with Crippen molar-refractivity contribution in [2.24, 2.45) is 0 Å². The smallest absolute Gasteiger partial charge is 0.109 e. The molecule has 0 saturated carbocycles. The molecule has 0 spiro atoms. The molecule has 0 saturated heterocycles. The average Bonchev–Trinajstić information content (AvgIpc) is 2.92. The maximum absolute atomic E-state index is 12.4. The third-order valence-electron chi connectivity index (χ3n) is 6.77. The number of fused-ring (bicyclic) bond motifs is 3. The fraction of sp³-hybridized carbons (Fsp3) is 0.0606. The molecular weight excluding hydrogens is 457 g/mol. The third-order valence-corrected chi connectivity index (χ3v) is 8.31. The molecule has 0 aliphatic heterocycles. The van der Waals surface area contributed by atoms with Crippen LogP contribution in [0.4, 0.5) is 0 Å². The van der Waals surface area contributed by atoms with Crippen molar-refractivity contribution in [2.75, 3.05) is 13.3 Å². The van der Waals surface area contributed by atoms with Crippen molar-refractivity contribution >= 4 is 34.1 Å². The van der Waals surface area contributed by atoms with Gasteiger partial charge in [-0.1, -0.05) is 103 Å². The molecule has 1 heterocycles. The molecule has 0 aliphatic carbocycles. The number of rotatable bonds is 4. The van der Waals surface area contributed by atoms with Gasteiger partial charge in [0.15, 0.2) is 0 Å². The summed E-state index contributed by atoms with van der Waals surface area (Å²) < 4.78 is 12.4. The second-order valence-corrected chi connectivity index (χ2v) is 12.8. The zero-order valence-electron chi connectivity index (χ0n) is 20.3. The molecule has 0 atom stereocenters. The molecular formula is C33H26NOP. The molecule has 0 aliphatic rings. The standard InChI is InChI=1S/C33H26NOP/c1-36(2,35)28-17-13-23(14-18-28)26-15-19-29-27(21-26)16-20-31-33(29)30(24-9-5-3-6-10-24)22-32(34-31)25-11-7-4-8-12-25/h3-22H,1-2H3. The minimum Gasteiger partial charge on any atom is -0.319 e. The van der Waals surface area contributed by atoms with Gasteiger partial charge >= 0.3 is 0 Å². The first-order chi connectivity index (χ1) is 17.5. The Hall–Kier alpha value is -4.00. The predicted molar refractivity (Wildman–Crippen MR) is 155 cm³/mol. The van der Waals surface area contributed by atoms with Gasteiger partial charge in [-0.3, -0.25) is 0 Å². The summed E-state index contributed by atoms with van der Waals surface area (Å²) in [6, 6.07) is 42.2. The maximum Gasteiger partial charge on any atom is 0.109 e. The Kier molecular flexibility index (Phi) is 5.55. The SMILES string of the molecule is CP(C)(=O)c1ccc(-c2ccc3c(ccc4nc(-c5ccccc5)cc(-c5ccccc5)c43)c2)cc1. The zero-order valence-corrected chi connectivity index (χ0v) is 21.2. The van der Waals surface area contributed by atoms with E-state index in [-0.39, 0.29) is 0 Å². The second kappa shape index (κ2) is 8.90. The highest BCUT2D eigenvalue weighted by atomic mass is 31.2. The third kappa shape index (κ3) is 4.15. The Bertz CT molecular complexity index is 1750. The first kappa shape index (κ1) is 22.5. The highest BCUT2D eigenvalue weighted by Crippen LogP contribution is 2.38. The number of aromatic nitrogens is 1. The Morgan fingerprint density at radius 3 is 1.89 bits per heavy atom. The minimum absolute atomic E-state index is 0.908. The summed E-state index contributed by atoms with van der Waals surface area (Å²) in [5.41, 5.74) is 7.70. The van der Waals surface area contributed by atoms with Crippen molar-refractivity contribution in [3.63, 3.8) is 0 Å². The lowest BCUT2D eigenvalue weighted by molar-refractivity contribution is 0.588. The largest absolute Gasteiger partial charge is 0.319 e. The van der Waals surface area contributed by atoms with E-state index in [1.165, 1.54) is 21.9 Å². The minimum atomic E-state index is -2.26. The van der Waals surface area contributed by atoms with E-state index >= 15 is 0 Å². The highest BCUT2D eigenvalue weighted by Gasteiger charge is 2.14. The van der Waals surface area contributed by atoms with E-state index in [0.29, 0.717) is 0 Å². The second-order valence-electron chi connectivity index (χ2n) is 9.58. The number of hydrogen-bond donors (Lipinski definition) is 0. The van der Waals surface area contributed by atoms with E-state index in [1.54, 1.807) is 0 Å². The molecule has 0 fully saturated rings. The van der Waals surface area contributed by atoms with Crippen LogP contribution in [0.15, 0.2) is 121 Å². The van der Waals surface area contributed by atoms with Crippen molar-refractivity contribution in [3.05, 3.63) is 121 Å². The zero-order chi connectivity index (χ0) is 24.7. The number of pyridine rings is 1. The molecule has 174 valence electrons. The fourth-order valence-electron chi connectivity index (χ4n) is 4.86. The Morgan fingerprint density at radius 1 is 0.583 bits per heavy atom. The first-order valence-corrected chi connectivity index (χ1v) is 14.7. The number of nitrogens with zero attached hydrogens (tertiary/aromatic N) is 1. The van der Waals surface area contributed by atoms with E-state index in [9.17, 15) is 4.57 Å². The quantitative estimate of drug-likeness (QED) is 0.186. The molecule has 3 heteroatoms. The summed E-state index contributed by atoms with van der Waals surface area (Å²) in [5, 5.41) is 4.43. The van der Waals surface area contributed by atoms with Crippen LogP contribution in [0.25, 0.3) is 55.2 Å². The monoisotopic (exact) mass is 483 g/mol. The molecule has 6 rings (SSSR count). The van der Waals surface area contributed by atoms with Crippen LogP contribution in [0.2, 0.25) is 0 Å². The maximum atomic E-state index is 12.4. The Morgan fingerprint density at radius 2 is 1.22 bits per heavy atom. The van der Waals surface area contributed by atoms with Crippen LogP contribution < -0.4 is 5.30 Å². The van der Waals surface area contributed by atoms with E-state index in [1.807, 2.05) is 31.5 Å². The molecule has 5 aromatic carbocycles. The van der Waals surface area contributed by atoms with Crippen molar-refractivity contribution in [2.45, 2.75) is 0 Å². The number of hydrogen-bond acceptors (Lipinski definition) is 2. The van der Waals surface area contributed by atoms with Crippen LogP contribution in [-0.2, 0) is 4.57 Å². The lowest BCUT2D eigenvalue weighted by Crippen LogP contribution is -2.01.